The molecule has 1 aromatic rings. The lowest BCUT2D eigenvalue weighted by atomic mass is 10.0. The number of fused-ring (bicyclic) bond motifs is 1. The van der Waals surface area contributed by atoms with Crippen LogP contribution in [0.15, 0.2) is 6.07 Å². The highest BCUT2D eigenvalue weighted by Gasteiger charge is 2.18. The summed E-state index contributed by atoms with van der Waals surface area (Å²) < 4.78 is 0. The van der Waals surface area contributed by atoms with E-state index < -0.39 is 0 Å². The van der Waals surface area contributed by atoms with Crippen molar-refractivity contribution in [3.05, 3.63) is 22.9 Å². The summed E-state index contributed by atoms with van der Waals surface area (Å²) in [5.74, 6) is 0.789. The Morgan fingerprint density at radius 3 is 2.94 bits per heavy atom. The molecule has 0 saturated heterocycles. The van der Waals surface area contributed by atoms with Crippen LogP contribution in [-0.2, 0) is 12.8 Å². The maximum Gasteiger partial charge on any atom is 0.144 e. The van der Waals surface area contributed by atoms with Crippen LogP contribution in [0, 0.1) is 17.2 Å². The summed E-state index contributed by atoms with van der Waals surface area (Å²) in [6.45, 7) is 4.09. The van der Waals surface area contributed by atoms with Crippen molar-refractivity contribution in [3.8, 4) is 6.07 Å². The van der Waals surface area contributed by atoms with Gasteiger partial charge in [0, 0.05) is 18.3 Å². The third-order valence-corrected chi connectivity index (χ3v) is 3.68. The van der Waals surface area contributed by atoms with E-state index in [4.69, 9.17) is 5.11 Å². The minimum absolute atomic E-state index is 0.0917. The van der Waals surface area contributed by atoms with Crippen LogP contribution in [-0.4, -0.2) is 22.7 Å². The molecule has 2 atom stereocenters. The Labute approximate surface area is 108 Å². The number of aliphatic hydroxyl groups excluding tert-OH is 1. The van der Waals surface area contributed by atoms with Crippen LogP contribution in [0.1, 0.15) is 37.1 Å². The van der Waals surface area contributed by atoms with E-state index in [0.29, 0.717) is 11.4 Å². The van der Waals surface area contributed by atoms with Crippen molar-refractivity contribution in [1.29, 1.82) is 5.26 Å². The molecule has 18 heavy (non-hydrogen) atoms. The highest BCUT2D eigenvalue weighted by Crippen LogP contribution is 2.25. The first-order chi connectivity index (χ1) is 8.65. The Bertz CT molecular complexity index is 479. The summed E-state index contributed by atoms with van der Waals surface area (Å²) in [5, 5.41) is 21.6. The number of aryl methyl sites for hydroxylation is 2. The topological polar surface area (TPSA) is 68.9 Å². The number of rotatable bonds is 4. The Morgan fingerprint density at radius 2 is 2.28 bits per heavy atom. The van der Waals surface area contributed by atoms with Gasteiger partial charge in [-0.25, -0.2) is 4.98 Å². The van der Waals surface area contributed by atoms with E-state index in [0.717, 1.165) is 25.0 Å². The van der Waals surface area contributed by atoms with E-state index in [1.54, 1.807) is 0 Å². The molecule has 1 aliphatic rings. The molecule has 2 unspecified atom stereocenters. The number of nitriles is 1. The maximum atomic E-state index is 9.18. The summed E-state index contributed by atoms with van der Waals surface area (Å²) in [6, 6.07) is 4.24. The molecule has 0 aliphatic heterocycles. The highest BCUT2D eigenvalue weighted by atomic mass is 16.3. The van der Waals surface area contributed by atoms with Gasteiger partial charge in [-0.15, -0.1) is 0 Å². The predicted molar refractivity (Wildman–Crippen MR) is 70.3 cm³/mol. The predicted octanol–water partition coefficient (Wildman–Crippen LogP) is 1.87. The van der Waals surface area contributed by atoms with E-state index in [2.05, 4.69) is 16.4 Å². The fraction of sp³-hybridized carbons (Fsp3) is 0.571. The number of anilines is 1. The van der Waals surface area contributed by atoms with E-state index in [-0.39, 0.29) is 18.6 Å². The summed E-state index contributed by atoms with van der Waals surface area (Å²) in [4.78, 5) is 4.57. The first-order valence-corrected chi connectivity index (χ1v) is 6.46. The molecule has 0 saturated carbocycles. The van der Waals surface area contributed by atoms with Crippen molar-refractivity contribution < 1.29 is 5.11 Å². The van der Waals surface area contributed by atoms with Gasteiger partial charge in [0.2, 0.25) is 0 Å². The lowest BCUT2D eigenvalue weighted by Gasteiger charge is -2.21. The van der Waals surface area contributed by atoms with Crippen molar-refractivity contribution in [2.75, 3.05) is 11.9 Å². The van der Waals surface area contributed by atoms with Gasteiger partial charge in [-0.3, -0.25) is 0 Å². The molecular formula is C14H19N3O. The van der Waals surface area contributed by atoms with Crippen LogP contribution in [0.5, 0.6) is 0 Å². The van der Waals surface area contributed by atoms with Crippen molar-refractivity contribution in [3.63, 3.8) is 0 Å². The molecule has 0 spiro atoms. The number of aliphatic hydroxyl groups is 1. The van der Waals surface area contributed by atoms with E-state index >= 15 is 0 Å². The molecule has 0 amide bonds. The Kier molecular flexibility index (Phi) is 3.83. The third kappa shape index (κ3) is 2.46. The quantitative estimate of drug-likeness (QED) is 0.849. The van der Waals surface area contributed by atoms with Gasteiger partial charge in [-0.05, 0) is 43.7 Å². The second-order valence-corrected chi connectivity index (χ2v) is 5.05. The van der Waals surface area contributed by atoms with Crippen molar-refractivity contribution in [2.24, 2.45) is 5.92 Å². The third-order valence-electron chi connectivity index (χ3n) is 3.68. The van der Waals surface area contributed by atoms with Crippen molar-refractivity contribution in [1.82, 2.24) is 4.98 Å². The Hall–Kier alpha value is -1.60. The zero-order chi connectivity index (χ0) is 13.1. The number of nitrogens with zero attached hydrogens (tertiary/aromatic N) is 2. The summed E-state index contributed by atoms with van der Waals surface area (Å²) in [6.07, 6.45) is 3.15. The highest BCUT2D eigenvalue weighted by molar-refractivity contribution is 5.55. The average molecular weight is 245 g/mol. The molecule has 2 rings (SSSR count). The van der Waals surface area contributed by atoms with Crippen LogP contribution in [0.4, 0.5) is 5.82 Å². The number of hydrogen-bond acceptors (Lipinski definition) is 4. The van der Waals surface area contributed by atoms with E-state index in [9.17, 15) is 5.26 Å². The smallest absolute Gasteiger partial charge is 0.144 e. The van der Waals surface area contributed by atoms with Crippen LogP contribution in [0.25, 0.3) is 0 Å². The molecule has 2 N–H and O–H groups in total. The largest absolute Gasteiger partial charge is 0.396 e. The average Bonchev–Trinajstić information content (AvgIpc) is 2.83. The van der Waals surface area contributed by atoms with E-state index in [1.807, 2.05) is 19.9 Å². The number of hydrogen-bond donors (Lipinski definition) is 2. The first kappa shape index (κ1) is 12.8. The number of nitrogens with one attached hydrogen (secondary N) is 1. The SMILES string of the molecule is CC(CO)C(C)Nc1nc2c(cc1C#N)CCC2. The maximum absolute atomic E-state index is 9.18. The Morgan fingerprint density at radius 1 is 1.50 bits per heavy atom. The van der Waals surface area contributed by atoms with Gasteiger partial charge >= 0.3 is 0 Å². The molecule has 0 aromatic carbocycles. The lowest BCUT2D eigenvalue weighted by molar-refractivity contribution is 0.226. The molecule has 4 heteroatoms. The fourth-order valence-corrected chi connectivity index (χ4v) is 2.18. The first-order valence-electron chi connectivity index (χ1n) is 6.46. The van der Waals surface area contributed by atoms with Crippen LogP contribution >= 0.6 is 0 Å². The molecular weight excluding hydrogens is 226 g/mol. The van der Waals surface area contributed by atoms with Crippen molar-refractivity contribution >= 4 is 5.82 Å². The minimum atomic E-state index is 0.0917. The Balaban J connectivity index is 2.25. The molecule has 4 nitrogen and oxygen atoms in total. The monoisotopic (exact) mass is 245 g/mol. The second kappa shape index (κ2) is 5.36. The fourth-order valence-electron chi connectivity index (χ4n) is 2.18. The van der Waals surface area contributed by atoms with Crippen LogP contribution in [0.3, 0.4) is 0 Å². The molecule has 1 heterocycles. The van der Waals surface area contributed by atoms with Gasteiger partial charge in [-0.2, -0.15) is 5.26 Å². The molecule has 0 bridgehead atoms. The lowest BCUT2D eigenvalue weighted by Crippen LogP contribution is -2.27. The molecule has 0 radical (unpaired) electrons. The van der Waals surface area contributed by atoms with Gasteiger partial charge < -0.3 is 10.4 Å². The van der Waals surface area contributed by atoms with Crippen LogP contribution in [0.2, 0.25) is 0 Å². The van der Waals surface area contributed by atoms with Crippen molar-refractivity contribution in [2.45, 2.75) is 39.2 Å². The molecule has 96 valence electrons. The van der Waals surface area contributed by atoms with Gasteiger partial charge in [0.25, 0.3) is 0 Å². The molecule has 1 aliphatic carbocycles. The second-order valence-electron chi connectivity index (χ2n) is 5.05. The van der Waals surface area contributed by atoms with Gasteiger partial charge in [0.05, 0.1) is 5.56 Å². The molecule has 1 aromatic heterocycles. The summed E-state index contributed by atoms with van der Waals surface area (Å²) in [7, 11) is 0. The number of aromatic nitrogens is 1. The zero-order valence-corrected chi connectivity index (χ0v) is 10.9. The summed E-state index contributed by atoms with van der Waals surface area (Å²) >= 11 is 0. The van der Waals surface area contributed by atoms with E-state index in [1.165, 1.54) is 5.56 Å². The standard InChI is InChI=1S/C14H19N3O/c1-9(8-18)10(2)16-14-12(7-15)6-11-4-3-5-13(11)17-14/h6,9-10,18H,3-5,8H2,1-2H3,(H,16,17). The molecule has 0 fully saturated rings. The minimum Gasteiger partial charge on any atom is -0.396 e. The van der Waals surface area contributed by atoms with Gasteiger partial charge in [0.15, 0.2) is 0 Å². The zero-order valence-electron chi connectivity index (χ0n) is 10.9. The normalized spacial score (nSPS) is 16.8. The van der Waals surface area contributed by atoms with Gasteiger partial charge in [0.1, 0.15) is 11.9 Å². The van der Waals surface area contributed by atoms with Gasteiger partial charge in [-0.1, -0.05) is 6.92 Å². The van der Waals surface area contributed by atoms with Crippen LogP contribution < -0.4 is 5.32 Å². The summed E-state index contributed by atoms with van der Waals surface area (Å²) in [5.41, 5.74) is 2.92. The number of pyridine rings is 1.